The van der Waals surface area contributed by atoms with E-state index >= 15 is 0 Å². The van der Waals surface area contributed by atoms with Crippen LogP contribution in [-0.4, -0.2) is 9.97 Å². The average molecular weight is 271 g/mol. The van der Waals surface area contributed by atoms with Crippen LogP contribution in [-0.2, 0) is 6.54 Å². The highest BCUT2D eigenvalue weighted by Gasteiger charge is 2.15. The summed E-state index contributed by atoms with van der Waals surface area (Å²) in [5.74, 6) is 2.10. The van der Waals surface area contributed by atoms with Gasteiger partial charge in [0.1, 0.15) is 5.82 Å². The van der Waals surface area contributed by atoms with E-state index < -0.39 is 0 Å². The Morgan fingerprint density at radius 2 is 1.70 bits per heavy atom. The van der Waals surface area contributed by atoms with Crippen molar-refractivity contribution < 1.29 is 0 Å². The van der Waals surface area contributed by atoms with E-state index in [1.807, 2.05) is 6.20 Å². The summed E-state index contributed by atoms with van der Waals surface area (Å²) in [5.41, 5.74) is 2.73. The van der Waals surface area contributed by atoms with Crippen molar-refractivity contribution in [2.45, 2.75) is 46.2 Å². The lowest BCUT2D eigenvalue weighted by Gasteiger charge is -2.23. The smallest absolute Gasteiger partial charge is 0.120 e. The van der Waals surface area contributed by atoms with Crippen LogP contribution in [0.5, 0.6) is 0 Å². The quantitative estimate of drug-likeness (QED) is 0.833. The molecular weight excluding hydrogens is 246 g/mol. The molecule has 0 aliphatic carbocycles. The van der Waals surface area contributed by atoms with E-state index in [9.17, 15) is 0 Å². The summed E-state index contributed by atoms with van der Waals surface area (Å²) >= 11 is 0. The third kappa shape index (κ3) is 3.70. The molecule has 20 heavy (non-hydrogen) atoms. The molecule has 0 saturated heterocycles. The van der Waals surface area contributed by atoms with Gasteiger partial charge in [0.15, 0.2) is 0 Å². The topological polar surface area (TPSA) is 40.7 Å². The van der Waals surface area contributed by atoms with Crippen LogP contribution in [0.15, 0.2) is 36.7 Å². The SMILES string of the molecule is CC(C)c1ccc(C(NCc2ncc[nH]2)C(C)C)cc1. The van der Waals surface area contributed by atoms with Crippen LogP contribution in [0, 0.1) is 5.92 Å². The van der Waals surface area contributed by atoms with Gasteiger partial charge >= 0.3 is 0 Å². The molecule has 1 atom stereocenters. The predicted octanol–water partition coefficient (Wildman–Crippen LogP) is 4.02. The minimum atomic E-state index is 0.348. The number of hydrogen-bond donors (Lipinski definition) is 2. The molecule has 2 aromatic rings. The van der Waals surface area contributed by atoms with Crippen LogP contribution in [0.3, 0.4) is 0 Å². The van der Waals surface area contributed by atoms with Crippen molar-refractivity contribution in [2.75, 3.05) is 0 Å². The van der Waals surface area contributed by atoms with Gasteiger partial charge in [0.25, 0.3) is 0 Å². The Balaban J connectivity index is 2.07. The Bertz CT molecular complexity index is 498. The molecule has 108 valence electrons. The van der Waals surface area contributed by atoms with Crippen LogP contribution in [0.4, 0.5) is 0 Å². The number of benzene rings is 1. The second kappa shape index (κ2) is 6.71. The van der Waals surface area contributed by atoms with Gasteiger partial charge < -0.3 is 10.3 Å². The summed E-state index contributed by atoms with van der Waals surface area (Å²) < 4.78 is 0. The molecule has 0 spiro atoms. The number of imidazole rings is 1. The minimum Gasteiger partial charge on any atom is -0.348 e. The highest BCUT2D eigenvalue weighted by atomic mass is 15.0. The third-order valence-electron chi connectivity index (χ3n) is 3.67. The Morgan fingerprint density at radius 3 is 2.20 bits per heavy atom. The Hall–Kier alpha value is -1.61. The molecule has 3 nitrogen and oxygen atoms in total. The molecule has 1 aromatic heterocycles. The molecule has 1 heterocycles. The zero-order valence-corrected chi connectivity index (χ0v) is 12.9. The van der Waals surface area contributed by atoms with Gasteiger partial charge in [-0.3, -0.25) is 0 Å². The lowest BCUT2D eigenvalue weighted by atomic mass is 9.93. The van der Waals surface area contributed by atoms with Crippen molar-refractivity contribution in [3.8, 4) is 0 Å². The van der Waals surface area contributed by atoms with Crippen LogP contribution in [0.25, 0.3) is 0 Å². The van der Waals surface area contributed by atoms with Crippen LogP contribution < -0.4 is 5.32 Å². The first-order valence-corrected chi connectivity index (χ1v) is 7.39. The maximum absolute atomic E-state index is 4.26. The first-order chi connectivity index (χ1) is 9.58. The van der Waals surface area contributed by atoms with E-state index in [0.717, 1.165) is 12.4 Å². The third-order valence-corrected chi connectivity index (χ3v) is 3.67. The second-order valence-corrected chi connectivity index (χ2v) is 5.96. The van der Waals surface area contributed by atoms with Crippen molar-refractivity contribution in [3.05, 3.63) is 53.6 Å². The zero-order chi connectivity index (χ0) is 14.5. The van der Waals surface area contributed by atoms with Crippen molar-refractivity contribution in [3.63, 3.8) is 0 Å². The maximum atomic E-state index is 4.26. The number of hydrogen-bond acceptors (Lipinski definition) is 2. The van der Waals surface area contributed by atoms with Crippen molar-refractivity contribution in [1.82, 2.24) is 15.3 Å². The van der Waals surface area contributed by atoms with Gasteiger partial charge in [-0.2, -0.15) is 0 Å². The van der Waals surface area contributed by atoms with Crippen molar-refractivity contribution in [2.24, 2.45) is 5.92 Å². The van der Waals surface area contributed by atoms with Crippen LogP contribution in [0.1, 0.15) is 56.6 Å². The van der Waals surface area contributed by atoms with Crippen LogP contribution in [0.2, 0.25) is 0 Å². The maximum Gasteiger partial charge on any atom is 0.120 e. The molecule has 0 saturated carbocycles. The summed E-state index contributed by atoms with van der Waals surface area (Å²) in [6.07, 6.45) is 3.65. The van der Waals surface area contributed by atoms with E-state index in [1.54, 1.807) is 6.20 Å². The van der Waals surface area contributed by atoms with Gasteiger partial charge in [-0.1, -0.05) is 52.0 Å². The Kier molecular flexibility index (Phi) is 4.96. The molecule has 2 N–H and O–H groups in total. The molecule has 0 bridgehead atoms. The second-order valence-electron chi connectivity index (χ2n) is 5.96. The number of nitrogens with zero attached hydrogens (tertiary/aromatic N) is 1. The summed E-state index contributed by atoms with van der Waals surface area (Å²) in [5, 5.41) is 3.59. The average Bonchev–Trinajstić information content (AvgIpc) is 2.92. The predicted molar refractivity (Wildman–Crippen MR) is 83.5 cm³/mol. The number of aromatic amines is 1. The zero-order valence-electron chi connectivity index (χ0n) is 12.9. The molecule has 3 heteroatoms. The van der Waals surface area contributed by atoms with E-state index in [4.69, 9.17) is 0 Å². The fourth-order valence-electron chi connectivity index (χ4n) is 2.43. The van der Waals surface area contributed by atoms with Crippen LogP contribution >= 0.6 is 0 Å². The van der Waals surface area contributed by atoms with E-state index in [1.165, 1.54) is 11.1 Å². The molecule has 1 unspecified atom stereocenters. The van der Waals surface area contributed by atoms with E-state index in [-0.39, 0.29) is 0 Å². The monoisotopic (exact) mass is 271 g/mol. The summed E-state index contributed by atoms with van der Waals surface area (Å²) in [6.45, 7) is 9.71. The first kappa shape index (κ1) is 14.8. The van der Waals surface area contributed by atoms with Gasteiger partial charge in [0.2, 0.25) is 0 Å². The van der Waals surface area contributed by atoms with Gasteiger partial charge in [0.05, 0.1) is 6.54 Å². The highest BCUT2D eigenvalue weighted by molar-refractivity contribution is 5.27. The fourth-order valence-corrected chi connectivity index (χ4v) is 2.43. The van der Waals surface area contributed by atoms with Gasteiger partial charge in [-0.05, 0) is 23.0 Å². The largest absolute Gasteiger partial charge is 0.348 e. The minimum absolute atomic E-state index is 0.348. The number of aromatic nitrogens is 2. The molecule has 0 fully saturated rings. The van der Waals surface area contributed by atoms with Gasteiger partial charge in [0, 0.05) is 18.4 Å². The first-order valence-electron chi connectivity index (χ1n) is 7.39. The van der Waals surface area contributed by atoms with E-state index in [0.29, 0.717) is 17.9 Å². The molecular formula is C17H25N3. The summed E-state index contributed by atoms with van der Waals surface area (Å²) in [4.78, 5) is 7.39. The lowest BCUT2D eigenvalue weighted by molar-refractivity contribution is 0.406. The summed E-state index contributed by atoms with van der Waals surface area (Å²) in [6, 6.07) is 9.32. The lowest BCUT2D eigenvalue weighted by Crippen LogP contribution is -2.25. The normalized spacial score (nSPS) is 13.1. The fraction of sp³-hybridized carbons (Fsp3) is 0.471. The molecule has 1 aromatic carbocycles. The number of nitrogens with one attached hydrogen (secondary N) is 2. The standard InChI is InChI=1S/C17H25N3/c1-12(2)14-5-7-15(8-6-14)17(13(3)4)20-11-16-18-9-10-19-16/h5-10,12-13,17,20H,11H2,1-4H3,(H,18,19). The van der Waals surface area contributed by atoms with Crippen molar-refractivity contribution in [1.29, 1.82) is 0 Å². The molecule has 2 rings (SSSR count). The van der Waals surface area contributed by atoms with Gasteiger partial charge in [-0.25, -0.2) is 4.98 Å². The van der Waals surface area contributed by atoms with Crippen molar-refractivity contribution >= 4 is 0 Å². The number of rotatable bonds is 6. The highest BCUT2D eigenvalue weighted by Crippen LogP contribution is 2.24. The molecule has 0 aliphatic heterocycles. The Morgan fingerprint density at radius 1 is 1.05 bits per heavy atom. The molecule has 0 aliphatic rings. The van der Waals surface area contributed by atoms with E-state index in [2.05, 4.69) is 67.2 Å². The Labute approximate surface area is 121 Å². The van der Waals surface area contributed by atoms with Gasteiger partial charge in [-0.15, -0.1) is 0 Å². The summed E-state index contributed by atoms with van der Waals surface area (Å²) in [7, 11) is 0. The number of H-pyrrole nitrogens is 1. The molecule has 0 amide bonds. The molecule has 0 radical (unpaired) electrons.